The van der Waals surface area contributed by atoms with E-state index in [1.807, 2.05) is 0 Å². The number of piperazine rings is 1. The maximum Gasteiger partial charge on any atom is 0.413 e. The fraction of sp³-hybridized carbons (Fsp3) is 0.375. The first kappa shape index (κ1) is 23.5. The van der Waals surface area contributed by atoms with E-state index < -0.39 is 42.7 Å². The number of methoxy groups -OCH3 is 1. The van der Waals surface area contributed by atoms with Gasteiger partial charge in [0.1, 0.15) is 11.6 Å². The summed E-state index contributed by atoms with van der Waals surface area (Å²) >= 11 is 0.727. The number of nitrogens with one attached hydrogen (secondary N) is 1. The lowest BCUT2D eigenvalue weighted by Crippen LogP contribution is -2.50. The molecule has 0 unspecified atom stereocenters. The van der Waals surface area contributed by atoms with Gasteiger partial charge in [-0.3, -0.25) is 5.32 Å². The normalized spacial score (nSPS) is 16.3. The van der Waals surface area contributed by atoms with Crippen LogP contribution in [0.25, 0.3) is 0 Å². The molecular formula is C16H18F2N4O6S3. The highest BCUT2D eigenvalue weighted by Gasteiger charge is 2.37. The maximum absolute atomic E-state index is 14.0. The zero-order chi connectivity index (χ0) is 23.0. The van der Waals surface area contributed by atoms with Crippen molar-refractivity contribution in [2.75, 3.05) is 38.6 Å². The highest BCUT2D eigenvalue weighted by atomic mass is 32.2. The molecule has 2 aromatic rings. The Morgan fingerprint density at radius 3 is 2.10 bits per heavy atom. The van der Waals surface area contributed by atoms with Crippen LogP contribution in [0.1, 0.15) is 5.69 Å². The number of rotatable bonds is 5. The highest BCUT2D eigenvalue weighted by molar-refractivity contribution is 7.91. The number of aryl methyl sites for hydroxylation is 1. The van der Waals surface area contributed by atoms with Gasteiger partial charge in [0.15, 0.2) is 14.2 Å². The Hall–Kier alpha value is -2.20. The second-order valence-corrected chi connectivity index (χ2v) is 11.4. The molecule has 10 nitrogen and oxygen atoms in total. The molecule has 2 heterocycles. The van der Waals surface area contributed by atoms with Crippen LogP contribution in [0.5, 0.6) is 0 Å². The van der Waals surface area contributed by atoms with Crippen LogP contribution in [0.2, 0.25) is 0 Å². The average molecular weight is 497 g/mol. The van der Waals surface area contributed by atoms with E-state index in [1.165, 1.54) is 6.92 Å². The van der Waals surface area contributed by atoms with Crippen molar-refractivity contribution in [3.63, 3.8) is 0 Å². The van der Waals surface area contributed by atoms with Crippen LogP contribution in [0.3, 0.4) is 0 Å². The minimum Gasteiger partial charge on any atom is -0.453 e. The van der Waals surface area contributed by atoms with Gasteiger partial charge in [-0.25, -0.2) is 35.4 Å². The third-order valence-corrected chi connectivity index (χ3v) is 9.95. The number of anilines is 1. The zero-order valence-electron chi connectivity index (χ0n) is 16.3. The summed E-state index contributed by atoms with van der Waals surface area (Å²) in [5.74, 6) is -2.44. The summed E-state index contributed by atoms with van der Waals surface area (Å²) in [6.07, 6.45) is -0.808. The standard InChI is InChI=1S/C16H18F2N4O6S3/c1-10-14(29-15(19-10)20-16(23)28-2)31(26,27)22-8-6-21(7-9-22)30(24,25)13-11(17)4-3-5-12(13)18/h3-5H,6-9H2,1-2H3,(H,19,20,23). The van der Waals surface area contributed by atoms with Crippen molar-refractivity contribution in [2.45, 2.75) is 16.0 Å². The molecule has 0 bridgehead atoms. The van der Waals surface area contributed by atoms with E-state index in [2.05, 4.69) is 15.0 Å². The molecule has 1 aliphatic rings. The molecule has 1 aliphatic heterocycles. The lowest BCUT2D eigenvalue weighted by molar-refractivity contribution is 0.187. The number of hydrogen-bond donors (Lipinski definition) is 1. The van der Waals surface area contributed by atoms with Gasteiger partial charge in [-0.15, -0.1) is 0 Å². The number of carbonyl (C=O) groups is 1. The molecule has 1 aromatic carbocycles. The summed E-state index contributed by atoms with van der Waals surface area (Å²) in [7, 11) is -7.38. The Labute approximate surface area is 181 Å². The van der Waals surface area contributed by atoms with E-state index in [0.29, 0.717) is 0 Å². The van der Waals surface area contributed by atoms with Crippen LogP contribution in [0.4, 0.5) is 18.7 Å². The second-order valence-electron chi connectivity index (χ2n) is 6.37. The topological polar surface area (TPSA) is 126 Å². The lowest BCUT2D eigenvalue weighted by Gasteiger charge is -2.33. The minimum atomic E-state index is -4.49. The van der Waals surface area contributed by atoms with Gasteiger partial charge in [0.05, 0.1) is 12.8 Å². The first-order valence-corrected chi connectivity index (χ1v) is 12.4. The zero-order valence-corrected chi connectivity index (χ0v) is 18.8. The summed E-state index contributed by atoms with van der Waals surface area (Å²) in [5.41, 5.74) is 0.153. The first-order valence-electron chi connectivity index (χ1n) is 8.75. The number of amides is 1. The van der Waals surface area contributed by atoms with Crippen LogP contribution < -0.4 is 5.32 Å². The number of aromatic nitrogens is 1. The van der Waals surface area contributed by atoms with Crippen LogP contribution in [-0.2, 0) is 24.8 Å². The number of sulfonamides is 2. The monoisotopic (exact) mass is 496 g/mol. The van der Waals surface area contributed by atoms with Gasteiger partial charge in [0.25, 0.3) is 10.0 Å². The van der Waals surface area contributed by atoms with Crippen LogP contribution in [0, 0.1) is 18.6 Å². The minimum absolute atomic E-state index is 0.0270. The molecule has 1 fully saturated rings. The maximum atomic E-state index is 14.0. The predicted molar refractivity (Wildman–Crippen MR) is 107 cm³/mol. The Kier molecular flexibility index (Phi) is 6.61. The average Bonchev–Trinajstić information content (AvgIpc) is 3.08. The van der Waals surface area contributed by atoms with Gasteiger partial charge in [-0.2, -0.15) is 8.61 Å². The van der Waals surface area contributed by atoms with Gasteiger partial charge in [0, 0.05) is 26.2 Å². The van der Waals surface area contributed by atoms with E-state index in [0.717, 1.165) is 45.3 Å². The number of nitrogens with zero attached hydrogens (tertiary/aromatic N) is 3. The molecule has 170 valence electrons. The van der Waals surface area contributed by atoms with Crippen molar-refractivity contribution in [2.24, 2.45) is 0 Å². The third-order valence-electron chi connectivity index (χ3n) is 4.44. The van der Waals surface area contributed by atoms with Gasteiger partial charge < -0.3 is 4.74 Å². The number of carbonyl (C=O) groups excluding carboxylic acids is 1. The predicted octanol–water partition coefficient (Wildman–Crippen LogP) is 1.60. The van der Waals surface area contributed by atoms with Crippen molar-refractivity contribution in [1.82, 2.24) is 13.6 Å². The molecule has 0 radical (unpaired) electrons. The number of ether oxygens (including phenoxy) is 1. The highest BCUT2D eigenvalue weighted by Crippen LogP contribution is 2.31. The van der Waals surface area contributed by atoms with E-state index in [-0.39, 0.29) is 41.2 Å². The van der Waals surface area contributed by atoms with Gasteiger partial charge in [-0.05, 0) is 19.1 Å². The second kappa shape index (κ2) is 8.74. The summed E-state index contributed by atoms with van der Waals surface area (Å²) in [6, 6.07) is 2.72. The molecular weight excluding hydrogens is 478 g/mol. The van der Waals surface area contributed by atoms with Gasteiger partial charge in [0.2, 0.25) is 10.0 Å². The molecule has 15 heteroatoms. The van der Waals surface area contributed by atoms with Crippen molar-refractivity contribution in [1.29, 1.82) is 0 Å². The Balaban J connectivity index is 1.78. The van der Waals surface area contributed by atoms with Crippen LogP contribution >= 0.6 is 11.3 Å². The smallest absolute Gasteiger partial charge is 0.413 e. The van der Waals surface area contributed by atoms with Crippen molar-refractivity contribution >= 4 is 42.6 Å². The quantitative estimate of drug-likeness (QED) is 0.666. The van der Waals surface area contributed by atoms with E-state index in [4.69, 9.17) is 0 Å². The number of hydrogen-bond acceptors (Lipinski definition) is 8. The van der Waals surface area contributed by atoms with Crippen molar-refractivity contribution < 1.29 is 35.1 Å². The van der Waals surface area contributed by atoms with Crippen molar-refractivity contribution in [3.8, 4) is 0 Å². The molecule has 0 atom stereocenters. The lowest BCUT2D eigenvalue weighted by atomic mass is 10.3. The van der Waals surface area contributed by atoms with Gasteiger partial charge >= 0.3 is 6.09 Å². The summed E-state index contributed by atoms with van der Waals surface area (Å²) < 4.78 is 85.4. The van der Waals surface area contributed by atoms with Crippen molar-refractivity contribution in [3.05, 3.63) is 35.5 Å². The first-order chi connectivity index (χ1) is 14.5. The number of benzene rings is 1. The molecule has 31 heavy (non-hydrogen) atoms. The summed E-state index contributed by atoms with van der Waals surface area (Å²) in [5, 5.41) is 2.32. The molecule has 1 amide bonds. The number of halogens is 2. The fourth-order valence-electron chi connectivity index (χ4n) is 2.94. The summed E-state index contributed by atoms with van der Waals surface area (Å²) in [4.78, 5) is 14.2. The molecule has 3 rings (SSSR count). The van der Waals surface area contributed by atoms with Gasteiger partial charge in [-0.1, -0.05) is 17.4 Å². The molecule has 0 saturated carbocycles. The van der Waals surface area contributed by atoms with E-state index >= 15 is 0 Å². The summed E-state index contributed by atoms with van der Waals surface area (Å²) in [6.45, 7) is 0.415. The molecule has 0 aliphatic carbocycles. The molecule has 1 aromatic heterocycles. The largest absolute Gasteiger partial charge is 0.453 e. The van der Waals surface area contributed by atoms with E-state index in [9.17, 15) is 30.4 Å². The fourth-order valence-corrected chi connectivity index (χ4v) is 7.43. The number of thiazole rings is 1. The Morgan fingerprint density at radius 1 is 1.06 bits per heavy atom. The van der Waals surface area contributed by atoms with E-state index in [1.54, 1.807) is 0 Å². The Morgan fingerprint density at radius 2 is 1.58 bits per heavy atom. The Bertz CT molecular complexity index is 1190. The third kappa shape index (κ3) is 4.55. The molecule has 0 spiro atoms. The van der Waals surface area contributed by atoms with Crippen LogP contribution in [0.15, 0.2) is 27.3 Å². The molecule has 1 saturated heterocycles. The SMILES string of the molecule is COC(=O)Nc1nc(C)c(S(=O)(=O)N2CCN(S(=O)(=O)c3c(F)cccc3F)CC2)s1. The van der Waals surface area contributed by atoms with Crippen LogP contribution in [-0.4, -0.2) is 69.8 Å². The molecule has 1 N–H and O–H groups in total.